The molecule has 0 amide bonds. The summed E-state index contributed by atoms with van der Waals surface area (Å²) in [5.74, 6) is 1.85. The number of nitrogens with zero attached hydrogens (tertiary/aromatic N) is 1. The fourth-order valence-corrected chi connectivity index (χ4v) is 3.58. The van der Waals surface area contributed by atoms with E-state index in [4.69, 9.17) is 4.74 Å². The van der Waals surface area contributed by atoms with E-state index in [2.05, 4.69) is 37.1 Å². The standard InChI is InChI=1S/C18H28N2O/c1-4-13(2)12-20-9-10-21-17-11-15-5-7-19-8-6-16(15)14(3)18(17)20/h11,13,19H,4-10,12H2,1-3H3. The van der Waals surface area contributed by atoms with Crippen molar-refractivity contribution in [3.05, 3.63) is 22.8 Å². The molecule has 0 radical (unpaired) electrons. The minimum Gasteiger partial charge on any atom is -0.490 e. The molecule has 2 heterocycles. The summed E-state index contributed by atoms with van der Waals surface area (Å²) < 4.78 is 5.99. The molecule has 1 N–H and O–H groups in total. The van der Waals surface area contributed by atoms with Crippen LogP contribution >= 0.6 is 0 Å². The van der Waals surface area contributed by atoms with Gasteiger partial charge in [0.25, 0.3) is 0 Å². The minimum atomic E-state index is 0.732. The van der Waals surface area contributed by atoms with Crippen LogP contribution in [0.1, 0.15) is 37.0 Å². The van der Waals surface area contributed by atoms with Gasteiger partial charge in [-0.05, 0) is 61.5 Å². The molecule has 1 aromatic carbocycles. The third kappa shape index (κ3) is 2.89. The number of benzene rings is 1. The highest BCUT2D eigenvalue weighted by Crippen LogP contribution is 2.39. The summed E-state index contributed by atoms with van der Waals surface area (Å²) in [5, 5.41) is 3.51. The van der Waals surface area contributed by atoms with Gasteiger partial charge in [0.1, 0.15) is 12.4 Å². The molecular weight excluding hydrogens is 260 g/mol. The molecule has 0 saturated heterocycles. The lowest BCUT2D eigenvalue weighted by Crippen LogP contribution is -2.36. The zero-order chi connectivity index (χ0) is 14.8. The van der Waals surface area contributed by atoms with Crippen LogP contribution in [0.2, 0.25) is 0 Å². The van der Waals surface area contributed by atoms with Crippen molar-refractivity contribution in [1.29, 1.82) is 0 Å². The van der Waals surface area contributed by atoms with Crippen LogP contribution in [0.25, 0.3) is 0 Å². The molecule has 2 aliphatic heterocycles. The van der Waals surface area contributed by atoms with Crippen LogP contribution < -0.4 is 15.0 Å². The number of fused-ring (bicyclic) bond motifs is 2. The van der Waals surface area contributed by atoms with Crippen LogP contribution in [0, 0.1) is 12.8 Å². The fourth-order valence-electron chi connectivity index (χ4n) is 3.58. The highest BCUT2D eigenvalue weighted by molar-refractivity contribution is 5.69. The maximum Gasteiger partial charge on any atom is 0.143 e. The Bertz CT molecular complexity index is 512. The minimum absolute atomic E-state index is 0.732. The number of rotatable bonds is 3. The van der Waals surface area contributed by atoms with Gasteiger partial charge in [-0.15, -0.1) is 0 Å². The Morgan fingerprint density at radius 1 is 1.33 bits per heavy atom. The molecule has 0 spiro atoms. The Morgan fingerprint density at radius 2 is 2.14 bits per heavy atom. The first-order valence-electron chi connectivity index (χ1n) is 8.44. The van der Waals surface area contributed by atoms with Crippen LogP contribution in [-0.4, -0.2) is 32.8 Å². The summed E-state index contributed by atoms with van der Waals surface area (Å²) in [7, 11) is 0. The van der Waals surface area contributed by atoms with E-state index in [-0.39, 0.29) is 0 Å². The molecule has 3 heteroatoms. The third-order valence-electron chi connectivity index (χ3n) is 5.02. The van der Waals surface area contributed by atoms with Gasteiger partial charge < -0.3 is 15.0 Å². The molecule has 1 aromatic rings. The van der Waals surface area contributed by atoms with Crippen molar-refractivity contribution >= 4 is 5.69 Å². The maximum absolute atomic E-state index is 5.99. The van der Waals surface area contributed by atoms with E-state index in [1.165, 1.54) is 23.2 Å². The number of anilines is 1. The van der Waals surface area contributed by atoms with Gasteiger partial charge in [-0.25, -0.2) is 0 Å². The van der Waals surface area contributed by atoms with Gasteiger partial charge in [-0.1, -0.05) is 20.3 Å². The average molecular weight is 288 g/mol. The average Bonchev–Trinajstić information content (AvgIpc) is 2.73. The second-order valence-electron chi connectivity index (χ2n) is 6.54. The summed E-state index contributed by atoms with van der Waals surface area (Å²) in [5.41, 5.74) is 5.86. The molecule has 0 fully saturated rings. The van der Waals surface area contributed by atoms with Crippen molar-refractivity contribution in [3.63, 3.8) is 0 Å². The molecule has 2 aliphatic rings. The molecule has 3 rings (SSSR count). The molecule has 1 unspecified atom stereocenters. The van der Waals surface area contributed by atoms with Crippen LogP contribution in [-0.2, 0) is 12.8 Å². The zero-order valence-corrected chi connectivity index (χ0v) is 13.7. The first kappa shape index (κ1) is 14.7. The summed E-state index contributed by atoms with van der Waals surface area (Å²) in [6.07, 6.45) is 3.50. The van der Waals surface area contributed by atoms with Crippen LogP contribution in [0.15, 0.2) is 6.07 Å². The van der Waals surface area contributed by atoms with E-state index in [9.17, 15) is 0 Å². The van der Waals surface area contributed by atoms with Gasteiger partial charge in [0.05, 0.1) is 12.2 Å². The van der Waals surface area contributed by atoms with Crippen molar-refractivity contribution < 1.29 is 4.74 Å². The second-order valence-corrected chi connectivity index (χ2v) is 6.54. The Balaban J connectivity index is 1.99. The van der Waals surface area contributed by atoms with E-state index in [1.807, 2.05) is 0 Å². The van der Waals surface area contributed by atoms with Crippen LogP contribution in [0.5, 0.6) is 5.75 Å². The summed E-state index contributed by atoms with van der Waals surface area (Å²) >= 11 is 0. The molecule has 0 aromatic heterocycles. The lowest BCUT2D eigenvalue weighted by Gasteiger charge is -2.35. The molecule has 3 nitrogen and oxygen atoms in total. The summed E-state index contributed by atoms with van der Waals surface area (Å²) in [6.45, 7) is 12.1. The van der Waals surface area contributed by atoms with Crippen LogP contribution in [0.4, 0.5) is 5.69 Å². The molecule has 116 valence electrons. The molecule has 0 bridgehead atoms. The topological polar surface area (TPSA) is 24.5 Å². The first-order chi connectivity index (χ1) is 10.2. The van der Waals surface area contributed by atoms with E-state index in [0.717, 1.165) is 57.3 Å². The smallest absolute Gasteiger partial charge is 0.143 e. The van der Waals surface area contributed by atoms with Crippen molar-refractivity contribution in [1.82, 2.24) is 5.32 Å². The number of ether oxygens (including phenoxy) is 1. The zero-order valence-electron chi connectivity index (χ0n) is 13.7. The maximum atomic E-state index is 5.99. The van der Waals surface area contributed by atoms with Crippen molar-refractivity contribution in [3.8, 4) is 5.75 Å². The van der Waals surface area contributed by atoms with E-state index in [1.54, 1.807) is 5.56 Å². The molecule has 21 heavy (non-hydrogen) atoms. The monoisotopic (exact) mass is 288 g/mol. The van der Waals surface area contributed by atoms with Crippen molar-refractivity contribution in [2.75, 3.05) is 37.7 Å². The van der Waals surface area contributed by atoms with E-state index < -0.39 is 0 Å². The van der Waals surface area contributed by atoms with E-state index >= 15 is 0 Å². The highest BCUT2D eigenvalue weighted by Gasteiger charge is 2.25. The summed E-state index contributed by atoms with van der Waals surface area (Å²) in [4.78, 5) is 2.56. The predicted octanol–water partition coefficient (Wildman–Crippen LogP) is 2.93. The lowest BCUT2D eigenvalue weighted by molar-refractivity contribution is 0.302. The van der Waals surface area contributed by atoms with Gasteiger partial charge in [0.15, 0.2) is 0 Å². The quantitative estimate of drug-likeness (QED) is 0.925. The predicted molar refractivity (Wildman–Crippen MR) is 88.6 cm³/mol. The molecular formula is C18H28N2O. The largest absolute Gasteiger partial charge is 0.490 e. The van der Waals surface area contributed by atoms with Gasteiger partial charge in [0.2, 0.25) is 0 Å². The van der Waals surface area contributed by atoms with Gasteiger partial charge in [0, 0.05) is 6.54 Å². The molecule has 1 atom stereocenters. The van der Waals surface area contributed by atoms with Gasteiger partial charge in [-0.3, -0.25) is 0 Å². The van der Waals surface area contributed by atoms with E-state index in [0.29, 0.717) is 0 Å². The Hall–Kier alpha value is -1.22. The number of hydrogen-bond donors (Lipinski definition) is 1. The van der Waals surface area contributed by atoms with Crippen molar-refractivity contribution in [2.24, 2.45) is 5.92 Å². The lowest BCUT2D eigenvalue weighted by atomic mass is 9.94. The summed E-state index contributed by atoms with van der Waals surface area (Å²) in [6, 6.07) is 2.31. The SMILES string of the molecule is CCC(C)CN1CCOc2cc3c(c(C)c21)CCNCC3. The molecule has 0 aliphatic carbocycles. The van der Waals surface area contributed by atoms with Gasteiger partial charge >= 0.3 is 0 Å². The molecule has 0 saturated carbocycles. The third-order valence-corrected chi connectivity index (χ3v) is 5.02. The Labute approximate surface area is 128 Å². The van der Waals surface area contributed by atoms with Crippen LogP contribution in [0.3, 0.4) is 0 Å². The Kier molecular flexibility index (Phi) is 4.39. The Morgan fingerprint density at radius 3 is 2.95 bits per heavy atom. The normalized spacial score (nSPS) is 19.3. The van der Waals surface area contributed by atoms with Crippen molar-refractivity contribution in [2.45, 2.75) is 40.0 Å². The fraction of sp³-hybridized carbons (Fsp3) is 0.667. The number of nitrogens with one attached hydrogen (secondary N) is 1. The highest BCUT2D eigenvalue weighted by atomic mass is 16.5. The second kappa shape index (κ2) is 6.27. The number of hydrogen-bond acceptors (Lipinski definition) is 3. The van der Waals surface area contributed by atoms with Gasteiger partial charge in [-0.2, -0.15) is 0 Å². The first-order valence-corrected chi connectivity index (χ1v) is 8.44.